The normalized spacial score (nSPS) is 14.7. The Labute approximate surface area is 121 Å². The summed E-state index contributed by atoms with van der Waals surface area (Å²) in [6.45, 7) is 2.03. The summed E-state index contributed by atoms with van der Waals surface area (Å²) >= 11 is 0. The number of anilines is 2. The molecule has 1 aliphatic rings. The van der Waals surface area contributed by atoms with Crippen LogP contribution in [0.15, 0.2) is 24.3 Å². The molecule has 21 heavy (non-hydrogen) atoms. The Bertz CT molecular complexity index is 826. The summed E-state index contributed by atoms with van der Waals surface area (Å²) in [6.07, 6.45) is 2.40. The molecule has 3 aromatic heterocycles. The van der Waals surface area contributed by atoms with E-state index in [-0.39, 0.29) is 0 Å². The number of nitrogens with two attached hydrogens (primary N) is 2. The maximum atomic E-state index is 5.77. The minimum atomic E-state index is 0.402. The number of hydrogen-bond acceptors (Lipinski definition) is 5. The minimum Gasteiger partial charge on any atom is -0.384 e. The van der Waals surface area contributed by atoms with Crippen molar-refractivity contribution in [2.75, 3.05) is 11.5 Å². The highest BCUT2D eigenvalue weighted by molar-refractivity contribution is 5.77. The number of hydrogen-bond donors (Lipinski definition) is 2. The number of rotatable bonds is 2. The van der Waals surface area contributed by atoms with Gasteiger partial charge < -0.3 is 16.0 Å². The highest BCUT2D eigenvalue weighted by Gasteiger charge is 2.27. The van der Waals surface area contributed by atoms with E-state index in [0.717, 1.165) is 28.2 Å². The third-order valence-corrected chi connectivity index (χ3v) is 3.79. The van der Waals surface area contributed by atoms with Gasteiger partial charge in [0.15, 0.2) is 5.65 Å². The van der Waals surface area contributed by atoms with E-state index in [9.17, 15) is 0 Å². The smallest absolute Gasteiger partial charge is 0.160 e. The molecular weight excluding hydrogens is 264 g/mol. The van der Waals surface area contributed by atoms with E-state index >= 15 is 0 Å². The second-order valence-corrected chi connectivity index (χ2v) is 5.50. The highest BCUT2D eigenvalue weighted by atomic mass is 15.2. The van der Waals surface area contributed by atoms with E-state index in [1.165, 1.54) is 12.8 Å². The lowest BCUT2D eigenvalue weighted by molar-refractivity contribution is 0.727. The Balaban J connectivity index is 1.91. The number of nitrogen functional groups attached to an aromatic ring is 2. The van der Waals surface area contributed by atoms with Crippen molar-refractivity contribution in [1.82, 2.24) is 19.5 Å². The van der Waals surface area contributed by atoms with Crippen molar-refractivity contribution in [3.05, 3.63) is 30.1 Å². The zero-order valence-corrected chi connectivity index (χ0v) is 11.7. The molecule has 4 N–H and O–H groups in total. The highest BCUT2D eigenvalue weighted by Crippen LogP contribution is 2.38. The molecule has 0 saturated heterocycles. The maximum Gasteiger partial charge on any atom is 0.160 e. The number of nitrogens with zero attached hydrogens (tertiary/aromatic N) is 4. The fourth-order valence-electron chi connectivity index (χ4n) is 2.74. The fraction of sp³-hybridized carbons (Fsp3) is 0.267. The Morgan fingerprint density at radius 1 is 1.05 bits per heavy atom. The molecule has 0 spiro atoms. The zero-order chi connectivity index (χ0) is 14.6. The molecule has 0 amide bonds. The Morgan fingerprint density at radius 2 is 1.76 bits per heavy atom. The Hall–Kier alpha value is -2.63. The van der Waals surface area contributed by atoms with Crippen LogP contribution in [0.5, 0.6) is 0 Å². The zero-order valence-electron chi connectivity index (χ0n) is 11.7. The van der Waals surface area contributed by atoms with Crippen LogP contribution in [0.4, 0.5) is 11.6 Å². The van der Waals surface area contributed by atoms with Gasteiger partial charge in [-0.1, -0.05) is 0 Å². The SMILES string of the molecule is Cc1nc2ccc(-c3cc(N)nc(N)c3)nc2n1C1CC1. The number of imidazole rings is 1. The van der Waals surface area contributed by atoms with E-state index in [0.29, 0.717) is 17.7 Å². The predicted octanol–water partition coefficient (Wildman–Crippen LogP) is 2.30. The van der Waals surface area contributed by atoms with Gasteiger partial charge in [-0.3, -0.25) is 0 Å². The molecule has 3 aromatic rings. The molecule has 0 aromatic carbocycles. The van der Waals surface area contributed by atoms with Gasteiger partial charge >= 0.3 is 0 Å². The predicted molar refractivity (Wildman–Crippen MR) is 82.6 cm³/mol. The van der Waals surface area contributed by atoms with Gasteiger partial charge in [0.25, 0.3) is 0 Å². The fourth-order valence-corrected chi connectivity index (χ4v) is 2.74. The van der Waals surface area contributed by atoms with Gasteiger partial charge in [0.1, 0.15) is 23.0 Å². The van der Waals surface area contributed by atoms with Crippen molar-refractivity contribution in [3.8, 4) is 11.3 Å². The molecule has 1 fully saturated rings. The van der Waals surface area contributed by atoms with Gasteiger partial charge in [-0.25, -0.2) is 15.0 Å². The number of aryl methyl sites for hydroxylation is 1. The molecular formula is C15H16N6. The molecule has 6 heteroatoms. The first-order valence-corrected chi connectivity index (χ1v) is 7.01. The molecule has 3 heterocycles. The summed E-state index contributed by atoms with van der Waals surface area (Å²) < 4.78 is 2.23. The first-order valence-electron chi connectivity index (χ1n) is 7.01. The molecule has 106 valence electrons. The monoisotopic (exact) mass is 280 g/mol. The summed E-state index contributed by atoms with van der Waals surface area (Å²) in [6, 6.07) is 8.06. The van der Waals surface area contributed by atoms with Gasteiger partial charge in [0.05, 0.1) is 5.69 Å². The summed E-state index contributed by atoms with van der Waals surface area (Å²) in [5.74, 6) is 1.82. The Kier molecular flexibility index (Phi) is 2.42. The molecule has 1 aliphatic carbocycles. The average molecular weight is 280 g/mol. The third-order valence-electron chi connectivity index (χ3n) is 3.79. The maximum absolute atomic E-state index is 5.77. The number of aromatic nitrogens is 4. The second-order valence-electron chi connectivity index (χ2n) is 5.50. The van der Waals surface area contributed by atoms with Crippen molar-refractivity contribution in [3.63, 3.8) is 0 Å². The minimum absolute atomic E-state index is 0.402. The van der Waals surface area contributed by atoms with Crippen molar-refractivity contribution in [1.29, 1.82) is 0 Å². The molecule has 4 rings (SSSR count). The largest absolute Gasteiger partial charge is 0.384 e. The van der Waals surface area contributed by atoms with Crippen LogP contribution in [0.1, 0.15) is 24.7 Å². The first kappa shape index (κ1) is 12.1. The molecule has 6 nitrogen and oxygen atoms in total. The van der Waals surface area contributed by atoms with Gasteiger partial charge in [-0.2, -0.15) is 0 Å². The molecule has 1 saturated carbocycles. The lowest BCUT2D eigenvalue weighted by atomic mass is 10.1. The summed E-state index contributed by atoms with van der Waals surface area (Å²) in [4.78, 5) is 13.3. The molecule has 0 atom stereocenters. The third kappa shape index (κ3) is 1.99. The summed E-state index contributed by atoms with van der Waals surface area (Å²) in [5.41, 5.74) is 15.1. The lowest BCUT2D eigenvalue weighted by Crippen LogP contribution is -2.00. The van der Waals surface area contributed by atoms with E-state index in [4.69, 9.17) is 16.5 Å². The molecule has 0 radical (unpaired) electrons. The van der Waals surface area contributed by atoms with Crippen molar-refractivity contribution in [2.45, 2.75) is 25.8 Å². The van der Waals surface area contributed by atoms with Crippen LogP contribution in [0.3, 0.4) is 0 Å². The summed E-state index contributed by atoms with van der Waals surface area (Å²) in [7, 11) is 0. The lowest BCUT2D eigenvalue weighted by Gasteiger charge is -2.06. The first-order chi connectivity index (χ1) is 10.1. The second kappa shape index (κ2) is 4.18. The van der Waals surface area contributed by atoms with Gasteiger partial charge in [-0.15, -0.1) is 0 Å². The van der Waals surface area contributed by atoms with Crippen molar-refractivity contribution < 1.29 is 0 Å². The van der Waals surface area contributed by atoms with Crippen molar-refractivity contribution >= 4 is 22.8 Å². The number of pyridine rings is 2. The van der Waals surface area contributed by atoms with E-state index in [1.807, 2.05) is 19.1 Å². The van der Waals surface area contributed by atoms with Gasteiger partial charge in [-0.05, 0) is 44.0 Å². The van der Waals surface area contributed by atoms with E-state index in [1.54, 1.807) is 12.1 Å². The van der Waals surface area contributed by atoms with Gasteiger partial charge in [0, 0.05) is 11.6 Å². The molecule has 0 bridgehead atoms. The van der Waals surface area contributed by atoms with Crippen LogP contribution < -0.4 is 11.5 Å². The van der Waals surface area contributed by atoms with Gasteiger partial charge in [0.2, 0.25) is 0 Å². The average Bonchev–Trinajstić information content (AvgIpc) is 3.19. The van der Waals surface area contributed by atoms with E-state index in [2.05, 4.69) is 14.5 Å². The Morgan fingerprint density at radius 3 is 2.43 bits per heavy atom. The molecule has 0 unspecified atom stereocenters. The van der Waals surface area contributed by atoms with Crippen LogP contribution in [0.2, 0.25) is 0 Å². The van der Waals surface area contributed by atoms with Crippen LogP contribution in [-0.2, 0) is 0 Å². The van der Waals surface area contributed by atoms with Crippen LogP contribution in [0, 0.1) is 6.92 Å². The quantitative estimate of drug-likeness (QED) is 0.751. The van der Waals surface area contributed by atoms with Crippen molar-refractivity contribution in [2.24, 2.45) is 0 Å². The number of fused-ring (bicyclic) bond motifs is 1. The molecule has 0 aliphatic heterocycles. The van der Waals surface area contributed by atoms with Crippen LogP contribution in [-0.4, -0.2) is 19.5 Å². The van der Waals surface area contributed by atoms with Crippen LogP contribution >= 0.6 is 0 Å². The topological polar surface area (TPSA) is 95.6 Å². The van der Waals surface area contributed by atoms with E-state index < -0.39 is 0 Å². The summed E-state index contributed by atoms with van der Waals surface area (Å²) in [5, 5.41) is 0. The standard InChI is InChI=1S/C15H16N6/c1-8-18-12-5-4-11(9-6-13(16)20-14(17)7-9)19-15(12)21(8)10-2-3-10/h4-7,10H,2-3H2,1H3,(H4,16,17,20). The van der Waals surface area contributed by atoms with Crippen LogP contribution in [0.25, 0.3) is 22.4 Å².